The predicted octanol–water partition coefficient (Wildman–Crippen LogP) is 4.54. The van der Waals surface area contributed by atoms with Gasteiger partial charge in [0, 0.05) is 11.1 Å². The number of nitrogens with zero attached hydrogens (tertiary/aromatic N) is 3. The van der Waals surface area contributed by atoms with E-state index < -0.39 is 0 Å². The average molecular weight is 408 g/mol. The van der Waals surface area contributed by atoms with Gasteiger partial charge < -0.3 is 10.6 Å². The number of carbonyl (C=O) groups is 1. The lowest BCUT2D eigenvalue weighted by atomic mass is 9.96. The van der Waals surface area contributed by atoms with Crippen LogP contribution in [0, 0.1) is 11.3 Å². The van der Waals surface area contributed by atoms with Crippen molar-refractivity contribution in [1.29, 1.82) is 5.26 Å². The van der Waals surface area contributed by atoms with Crippen molar-refractivity contribution in [3.8, 4) is 6.07 Å². The monoisotopic (exact) mass is 407 g/mol. The summed E-state index contributed by atoms with van der Waals surface area (Å²) in [7, 11) is 0. The second-order valence-corrected chi connectivity index (χ2v) is 8.63. The summed E-state index contributed by atoms with van der Waals surface area (Å²) in [5.41, 5.74) is 0.796. The van der Waals surface area contributed by atoms with Gasteiger partial charge in [0.1, 0.15) is 6.07 Å². The molecule has 2 N–H and O–H groups in total. The Morgan fingerprint density at radius 2 is 2.15 bits per heavy atom. The van der Waals surface area contributed by atoms with Gasteiger partial charge in [-0.25, -0.2) is 0 Å². The molecule has 0 aliphatic heterocycles. The van der Waals surface area contributed by atoms with Crippen molar-refractivity contribution in [2.75, 3.05) is 16.4 Å². The van der Waals surface area contributed by atoms with E-state index in [4.69, 9.17) is 16.9 Å². The fourth-order valence-electron chi connectivity index (χ4n) is 2.78. The number of amides is 1. The van der Waals surface area contributed by atoms with Crippen molar-refractivity contribution in [1.82, 2.24) is 10.2 Å². The van der Waals surface area contributed by atoms with Crippen LogP contribution in [-0.4, -0.2) is 27.9 Å². The number of benzene rings is 1. The molecule has 1 aromatic carbocycles. The highest BCUT2D eigenvalue weighted by Crippen LogP contribution is 2.28. The number of hydrogen-bond donors (Lipinski definition) is 2. The molecule has 1 amide bonds. The number of thioether (sulfide) groups is 1. The molecule has 0 saturated heterocycles. The molecule has 26 heavy (non-hydrogen) atoms. The molecular formula is C17H18ClN5OS2. The summed E-state index contributed by atoms with van der Waals surface area (Å²) < 4.78 is 0.741. The minimum absolute atomic E-state index is 0.190. The Bertz CT molecular complexity index is 814. The van der Waals surface area contributed by atoms with E-state index in [2.05, 4.69) is 20.8 Å². The molecule has 2 aromatic rings. The molecule has 9 heteroatoms. The van der Waals surface area contributed by atoms with Crippen LogP contribution in [0.5, 0.6) is 0 Å². The highest BCUT2D eigenvalue weighted by atomic mass is 35.5. The van der Waals surface area contributed by atoms with Crippen LogP contribution < -0.4 is 10.6 Å². The SMILES string of the molecule is N#Cc1ccc(Cl)cc1NC(=O)CSc1nnc(NC2CCCCC2)s1. The predicted molar refractivity (Wildman–Crippen MR) is 106 cm³/mol. The van der Waals surface area contributed by atoms with Gasteiger partial charge in [0.25, 0.3) is 0 Å². The number of aromatic nitrogens is 2. The van der Waals surface area contributed by atoms with Gasteiger partial charge in [0.15, 0.2) is 4.34 Å². The second-order valence-electron chi connectivity index (χ2n) is 5.99. The number of rotatable bonds is 6. The quantitative estimate of drug-likeness (QED) is 0.683. The number of nitrogens with one attached hydrogen (secondary N) is 2. The normalized spacial score (nSPS) is 14.6. The second kappa shape index (κ2) is 9.21. The van der Waals surface area contributed by atoms with Gasteiger partial charge in [-0.2, -0.15) is 5.26 Å². The molecule has 0 radical (unpaired) electrons. The molecule has 1 heterocycles. The van der Waals surface area contributed by atoms with E-state index in [0.29, 0.717) is 22.3 Å². The molecule has 3 rings (SSSR count). The van der Waals surface area contributed by atoms with Crippen LogP contribution in [0.1, 0.15) is 37.7 Å². The lowest BCUT2D eigenvalue weighted by molar-refractivity contribution is -0.113. The summed E-state index contributed by atoms with van der Waals surface area (Å²) in [5, 5.41) is 24.8. The van der Waals surface area contributed by atoms with Crippen molar-refractivity contribution < 1.29 is 4.79 Å². The van der Waals surface area contributed by atoms with Gasteiger partial charge in [0.2, 0.25) is 11.0 Å². The Morgan fingerprint density at radius 3 is 2.92 bits per heavy atom. The van der Waals surface area contributed by atoms with E-state index in [1.807, 2.05) is 6.07 Å². The van der Waals surface area contributed by atoms with E-state index in [1.165, 1.54) is 55.2 Å². The van der Waals surface area contributed by atoms with E-state index in [1.54, 1.807) is 18.2 Å². The molecule has 136 valence electrons. The van der Waals surface area contributed by atoms with E-state index >= 15 is 0 Å². The van der Waals surface area contributed by atoms with Crippen LogP contribution in [0.25, 0.3) is 0 Å². The van der Waals surface area contributed by atoms with Crippen LogP contribution in [0.3, 0.4) is 0 Å². The van der Waals surface area contributed by atoms with Crippen LogP contribution in [-0.2, 0) is 4.79 Å². The van der Waals surface area contributed by atoms with Crippen LogP contribution in [0.2, 0.25) is 5.02 Å². The van der Waals surface area contributed by atoms with Crippen molar-refractivity contribution >= 4 is 51.4 Å². The standard InChI is InChI=1S/C17H18ClN5OS2/c18-12-7-6-11(9-19)14(8-12)21-15(24)10-25-17-23-22-16(26-17)20-13-4-2-1-3-5-13/h6-8,13H,1-5,10H2,(H,20,22)(H,21,24). The first-order chi connectivity index (χ1) is 12.6. The molecule has 1 aliphatic rings. The Labute approximate surface area is 165 Å². The highest BCUT2D eigenvalue weighted by molar-refractivity contribution is 8.01. The average Bonchev–Trinajstić information content (AvgIpc) is 3.08. The van der Waals surface area contributed by atoms with Gasteiger partial charge >= 0.3 is 0 Å². The van der Waals surface area contributed by atoms with Crippen LogP contribution in [0.4, 0.5) is 10.8 Å². The first kappa shape index (κ1) is 19.0. The van der Waals surface area contributed by atoms with Gasteiger partial charge in [-0.1, -0.05) is 54.0 Å². The third-order valence-electron chi connectivity index (χ3n) is 4.04. The number of carbonyl (C=O) groups excluding carboxylic acids is 1. The summed E-state index contributed by atoms with van der Waals surface area (Å²) >= 11 is 8.71. The molecule has 6 nitrogen and oxygen atoms in total. The fourth-order valence-corrected chi connectivity index (χ4v) is 4.58. The molecule has 1 aliphatic carbocycles. The largest absolute Gasteiger partial charge is 0.357 e. The minimum atomic E-state index is -0.217. The molecule has 0 spiro atoms. The van der Waals surface area contributed by atoms with Crippen LogP contribution in [0.15, 0.2) is 22.5 Å². The molecule has 0 bridgehead atoms. The molecular weight excluding hydrogens is 390 g/mol. The highest BCUT2D eigenvalue weighted by Gasteiger charge is 2.16. The summed E-state index contributed by atoms with van der Waals surface area (Å²) in [6.45, 7) is 0. The van der Waals surface area contributed by atoms with Gasteiger partial charge in [-0.15, -0.1) is 10.2 Å². The summed E-state index contributed by atoms with van der Waals surface area (Å²) in [6.07, 6.45) is 6.17. The number of anilines is 2. The first-order valence-electron chi connectivity index (χ1n) is 8.36. The Morgan fingerprint density at radius 1 is 1.35 bits per heavy atom. The third kappa shape index (κ3) is 5.34. The first-order valence-corrected chi connectivity index (χ1v) is 10.5. The molecule has 0 atom stereocenters. The number of halogens is 1. The minimum Gasteiger partial charge on any atom is -0.357 e. The fraction of sp³-hybridized carbons (Fsp3) is 0.412. The Balaban J connectivity index is 1.50. The van der Waals surface area contributed by atoms with Crippen molar-refractivity contribution in [2.45, 2.75) is 42.5 Å². The molecule has 1 aromatic heterocycles. The zero-order valence-corrected chi connectivity index (χ0v) is 16.4. The third-order valence-corrected chi connectivity index (χ3v) is 6.27. The Kier molecular flexibility index (Phi) is 6.72. The van der Waals surface area contributed by atoms with Crippen molar-refractivity contribution in [2.24, 2.45) is 0 Å². The maximum absolute atomic E-state index is 12.1. The summed E-state index contributed by atoms with van der Waals surface area (Å²) in [5.74, 6) is -0.0270. The van der Waals surface area contributed by atoms with E-state index in [0.717, 1.165) is 9.47 Å². The molecule has 0 unspecified atom stereocenters. The van der Waals surface area contributed by atoms with Gasteiger partial charge in [-0.05, 0) is 31.0 Å². The molecule has 1 saturated carbocycles. The summed E-state index contributed by atoms with van der Waals surface area (Å²) in [6, 6.07) is 7.28. The van der Waals surface area contributed by atoms with Crippen molar-refractivity contribution in [3.63, 3.8) is 0 Å². The smallest absolute Gasteiger partial charge is 0.234 e. The Hall–Kier alpha value is -1.82. The maximum Gasteiger partial charge on any atom is 0.234 e. The van der Waals surface area contributed by atoms with Gasteiger partial charge in [0.05, 0.1) is 17.0 Å². The maximum atomic E-state index is 12.1. The zero-order valence-electron chi connectivity index (χ0n) is 14.0. The van der Waals surface area contributed by atoms with E-state index in [-0.39, 0.29) is 11.7 Å². The number of nitriles is 1. The lowest BCUT2D eigenvalue weighted by Gasteiger charge is -2.21. The molecule has 1 fully saturated rings. The van der Waals surface area contributed by atoms with Crippen LogP contribution >= 0.6 is 34.7 Å². The lowest BCUT2D eigenvalue weighted by Crippen LogP contribution is -2.21. The topological polar surface area (TPSA) is 90.7 Å². The van der Waals surface area contributed by atoms with E-state index in [9.17, 15) is 4.79 Å². The van der Waals surface area contributed by atoms with Crippen molar-refractivity contribution in [3.05, 3.63) is 28.8 Å². The zero-order chi connectivity index (χ0) is 18.4. The number of hydrogen-bond acceptors (Lipinski definition) is 7. The van der Waals surface area contributed by atoms with Gasteiger partial charge in [-0.3, -0.25) is 4.79 Å². The summed E-state index contributed by atoms with van der Waals surface area (Å²) in [4.78, 5) is 12.1.